The molecule has 0 bridgehead atoms. The zero-order valence-electron chi connectivity index (χ0n) is 12.2. The van der Waals surface area contributed by atoms with Crippen molar-refractivity contribution in [3.05, 3.63) is 22.1 Å². The van der Waals surface area contributed by atoms with Crippen molar-refractivity contribution in [2.75, 3.05) is 0 Å². The Morgan fingerprint density at radius 3 is 2.90 bits per heavy atom. The van der Waals surface area contributed by atoms with Crippen LogP contribution in [0, 0.1) is 6.92 Å². The van der Waals surface area contributed by atoms with Crippen LogP contribution >= 0.6 is 11.8 Å². The molecule has 1 heterocycles. The van der Waals surface area contributed by atoms with E-state index in [-0.39, 0.29) is 16.7 Å². The highest BCUT2D eigenvalue weighted by Crippen LogP contribution is 2.26. The highest BCUT2D eigenvalue weighted by atomic mass is 32.2. The van der Waals surface area contributed by atoms with Gasteiger partial charge in [0, 0.05) is 24.8 Å². The van der Waals surface area contributed by atoms with Gasteiger partial charge in [0.1, 0.15) is 0 Å². The van der Waals surface area contributed by atoms with Gasteiger partial charge >= 0.3 is 0 Å². The molecule has 0 aromatic carbocycles. The largest absolute Gasteiger partial charge is 0.352 e. The molecule has 0 saturated heterocycles. The van der Waals surface area contributed by atoms with Crippen LogP contribution in [0.2, 0.25) is 0 Å². The lowest BCUT2D eigenvalue weighted by Crippen LogP contribution is -2.34. The van der Waals surface area contributed by atoms with E-state index in [1.54, 1.807) is 14.0 Å². The maximum absolute atomic E-state index is 12.2. The summed E-state index contributed by atoms with van der Waals surface area (Å²) in [6.45, 7) is 3.85. The van der Waals surface area contributed by atoms with E-state index in [1.807, 2.05) is 0 Å². The fourth-order valence-corrected chi connectivity index (χ4v) is 3.12. The third kappa shape index (κ3) is 3.85. The summed E-state index contributed by atoms with van der Waals surface area (Å²) in [7, 11) is 1.69. The zero-order valence-corrected chi connectivity index (χ0v) is 13.0. The Labute approximate surface area is 123 Å². The summed E-state index contributed by atoms with van der Waals surface area (Å²) in [6, 6.07) is 1.86. The third-order valence-corrected chi connectivity index (χ3v) is 4.55. The molecule has 5 nitrogen and oxygen atoms in total. The topological polar surface area (TPSA) is 64.0 Å². The zero-order chi connectivity index (χ0) is 14.7. The maximum Gasteiger partial charge on any atom is 0.254 e. The predicted molar refractivity (Wildman–Crippen MR) is 79.9 cm³/mol. The van der Waals surface area contributed by atoms with Crippen molar-refractivity contribution in [2.45, 2.75) is 56.0 Å². The number of thioether (sulfide) groups is 1. The smallest absolute Gasteiger partial charge is 0.254 e. The van der Waals surface area contributed by atoms with Gasteiger partial charge in [-0.25, -0.2) is 4.98 Å². The number of aryl methyl sites for hydroxylation is 1. The molecule has 0 radical (unpaired) electrons. The average Bonchev–Trinajstić information content (AvgIpc) is 3.18. The fourth-order valence-electron chi connectivity index (χ4n) is 1.89. The van der Waals surface area contributed by atoms with Gasteiger partial charge in [-0.1, -0.05) is 25.1 Å². The number of nitrogens with zero attached hydrogens (tertiary/aromatic N) is 2. The molecule has 1 fully saturated rings. The van der Waals surface area contributed by atoms with Crippen LogP contribution in [-0.2, 0) is 11.8 Å². The molecule has 110 valence electrons. The standard InChI is InChI=1S/C14H21N3O2S/c1-4-5-11(13(19)16-10-6-7-10)20-14-15-9(2)8-12(18)17(14)3/h8,10-11H,4-7H2,1-3H3,(H,16,19)/t11-/m1/s1. The van der Waals surface area contributed by atoms with Crippen LogP contribution in [0.25, 0.3) is 0 Å². The van der Waals surface area contributed by atoms with Crippen molar-refractivity contribution in [2.24, 2.45) is 7.05 Å². The number of rotatable bonds is 6. The predicted octanol–water partition coefficient (Wildman–Crippen LogP) is 1.63. The second kappa shape index (κ2) is 6.43. The monoisotopic (exact) mass is 295 g/mol. The van der Waals surface area contributed by atoms with Crippen molar-refractivity contribution in [3.8, 4) is 0 Å². The van der Waals surface area contributed by atoms with E-state index in [4.69, 9.17) is 0 Å². The van der Waals surface area contributed by atoms with E-state index < -0.39 is 0 Å². The van der Waals surface area contributed by atoms with Crippen molar-refractivity contribution in [3.63, 3.8) is 0 Å². The molecule has 1 aliphatic rings. The molecule has 1 aliphatic carbocycles. The second-order valence-electron chi connectivity index (χ2n) is 5.26. The molecule has 1 aromatic heterocycles. The molecule has 0 unspecified atom stereocenters. The Morgan fingerprint density at radius 1 is 1.60 bits per heavy atom. The minimum atomic E-state index is -0.180. The summed E-state index contributed by atoms with van der Waals surface area (Å²) < 4.78 is 1.50. The number of hydrogen-bond acceptors (Lipinski definition) is 4. The molecule has 0 spiro atoms. The van der Waals surface area contributed by atoms with Crippen LogP contribution in [0.4, 0.5) is 0 Å². The highest BCUT2D eigenvalue weighted by molar-refractivity contribution is 8.00. The van der Waals surface area contributed by atoms with E-state index >= 15 is 0 Å². The van der Waals surface area contributed by atoms with Crippen LogP contribution in [0.15, 0.2) is 16.0 Å². The Hall–Kier alpha value is -1.30. The molecule has 1 atom stereocenters. The number of amides is 1. The summed E-state index contributed by atoms with van der Waals surface area (Å²) in [5, 5.41) is 3.46. The van der Waals surface area contributed by atoms with Gasteiger partial charge in [0.15, 0.2) is 5.16 Å². The first-order chi connectivity index (χ1) is 9.51. The highest BCUT2D eigenvalue weighted by Gasteiger charge is 2.28. The van der Waals surface area contributed by atoms with Crippen LogP contribution in [0.5, 0.6) is 0 Å². The van der Waals surface area contributed by atoms with Gasteiger partial charge in [-0.15, -0.1) is 0 Å². The Balaban J connectivity index is 2.14. The number of hydrogen-bond donors (Lipinski definition) is 1. The summed E-state index contributed by atoms with van der Waals surface area (Å²) in [5.41, 5.74) is 0.603. The number of aromatic nitrogens is 2. The maximum atomic E-state index is 12.2. The SMILES string of the molecule is CCC[C@@H](Sc1nc(C)cc(=O)n1C)C(=O)NC1CC1. The third-order valence-electron chi connectivity index (χ3n) is 3.24. The first-order valence-corrected chi connectivity index (χ1v) is 7.91. The first-order valence-electron chi connectivity index (χ1n) is 7.03. The fraction of sp³-hybridized carbons (Fsp3) is 0.643. The lowest BCUT2D eigenvalue weighted by molar-refractivity contribution is -0.120. The van der Waals surface area contributed by atoms with Crippen LogP contribution in [-0.4, -0.2) is 26.8 Å². The molecule has 1 N–H and O–H groups in total. The molecule has 1 amide bonds. The molecular formula is C14H21N3O2S. The van der Waals surface area contributed by atoms with Gasteiger partial charge in [0.25, 0.3) is 5.56 Å². The lowest BCUT2D eigenvalue weighted by atomic mass is 10.2. The van der Waals surface area contributed by atoms with Crippen molar-refractivity contribution in [1.29, 1.82) is 0 Å². The van der Waals surface area contributed by atoms with Crippen molar-refractivity contribution < 1.29 is 4.79 Å². The van der Waals surface area contributed by atoms with E-state index in [0.717, 1.165) is 25.7 Å². The summed E-state index contributed by atoms with van der Waals surface area (Å²) in [6.07, 6.45) is 3.87. The summed E-state index contributed by atoms with van der Waals surface area (Å²) in [5.74, 6) is 0.0649. The molecule has 0 aliphatic heterocycles. The van der Waals surface area contributed by atoms with Gasteiger partial charge < -0.3 is 5.32 Å². The molecule has 20 heavy (non-hydrogen) atoms. The lowest BCUT2D eigenvalue weighted by Gasteiger charge is -2.16. The van der Waals surface area contributed by atoms with E-state index in [0.29, 0.717) is 16.9 Å². The summed E-state index contributed by atoms with van der Waals surface area (Å²) in [4.78, 5) is 28.4. The second-order valence-corrected chi connectivity index (χ2v) is 6.43. The molecule has 1 aromatic rings. The molecule has 1 saturated carbocycles. The number of carbonyl (C=O) groups excluding carboxylic acids is 1. The first kappa shape index (κ1) is 15.1. The van der Waals surface area contributed by atoms with E-state index in [2.05, 4.69) is 17.2 Å². The van der Waals surface area contributed by atoms with Crippen LogP contribution in [0.1, 0.15) is 38.3 Å². The quantitative estimate of drug-likeness (QED) is 0.640. The number of carbonyl (C=O) groups is 1. The Bertz CT molecular complexity index is 552. The van der Waals surface area contributed by atoms with Crippen LogP contribution < -0.4 is 10.9 Å². The van der Waals surface area contributed by atoms with Gasteiger partial charge in [0.05, 0.1) is 5.25 Å². The summed E-state index contributed by atoms with van der Waals surface area (Å²) >= 11 is 1.39. The molecule has 2 rings (SSSR count). The minimum absolute atomic E-state index is 0.0649. The van der Waals surface area contributed by atoms with E-state index in [1.165, 1.54) is 22.4 Å². The van der Waals surface area contributed by atoms with Gasteiger partial charge in [0.2, 0.25) is 5.91 Å². The normalized spacial score (nSPS) is 15.9. The Kier molecular flexibility index (Phi) is 4.86. The van der Waals surface area contributed by atoms with Gasteiger partial charge in [-0.05, 0) is 26.2 Å². The van der Waals surface area contributed by atoms with Gasteiger partial charge in [-0.3, -0.25) is 14.2 Å². The van der Waals surface area contributed by atoms with E-state index in [9.17, 15) is 9.59 Å². The molecule has 6 heteroatoms. The van der Waals surface area contributed by atoms with Crippen molar-refractivity contribution >= 4 is 17.7 Å². The Morgan fingerprint density at radius 2 is 2.30 bits per heavy atom. The van der Waals surface area contributed by atoms with Gasteiger partial charge in [-0.2, -0.15) is 0 Å². The van der Waals surface area contributed by atoms with Crippen LogP contribution in [0.3, 0.4) is 0 Å². The number of nitrogens with one attached hydrogen (secondary N) is 1. The van der Waals surface area contributed by atoms with Crippen molar-refractivity contribution in [1.82, 2.24) is 14.9 Å². The minimum Gasteiger partial charge on any atom is -0.352 e. The average molecular weight is 295 g/mol. The molecular weight excluding hydrogens is 274 g/mol.